The molecule has 3 aromatic rings. The first-order valence-electron chi connectivity index (χ1n) is 11.9. The Morgan fingerprint density at radius 3 is 2.37 bits per heavy atom. The summed E-state index contributed by atoms with van der Waals surface area (Å²) in [5, 5.41) is 5.88. The van der Waals surface area contributed by atoms with Gasteiger partial charge in [-0.25, -0.2) is 9.78 Å². The monoisotopic (exact) mass is 479 g/mol. The molecule has 2 aromatic carbocycles. The fraction of sp³-hybridized carbons (Fsp3) is 0.423. The van der Waals surface area contributed by atoms with E-state index in [1.165, 1.54) is 0 Å². The van der Waals surface area contributed by atoms with Crippen LogP contribution in [-0.2, 0) is 6.54 Å². The number of carbonyl (C=O) groups excluding carboxylic acids is 1. The van der Waals surface area contributed by atoms with Crippen molar-refractivity contribution in [3.05, 3.63) is 52.8 Å². The molecule has 186 valence electrons. The SMILES string of the molecule is COc1cc(NC(=O)NC2CCN(c3nc4ccccc4n(CC(C)C)c3=O)CC2)cc(OC)c1. The Morgan fingerprint density at radius 1 is 1.09 bits per heavy atom. The van der Waals surface area contributed by atoms with Crippen molar-refractivity contribution < 1.29 is 14.3 Å². The molecule has 2 amide bonds. The summed E-state index contributed by atoms with van der Waals surface area (Å²) >= 11 is 0. The van der Waals surface area contributed by atoms with E-state index in [-0.39, 0.29) is 17.6 Å². The van der Waals surface area contributed by atoms with Crippen LogP contribution in [0.1, 0.15) is 26.7 Å². The maximum Gasteiger partial charge on any atom is 0.319 e. The van der Waals surface area contributed by atoms with Crippen molar-refractivity contribution in [3.63, 3.8) is 0 Å². The Balaban J connectivity index is 1.42. The van der Waals surface area contributed by atoms with Gasteiger partial charge in [0.2, 0.25) is 0 Å². The number of aromatic nitrogens is 2. The molecule has 0 spiro atoms. The van der Waals surface area contributed by atoms with E-state index in [4.69, 9.17) is 14.5 Å². The molecule has 1 fully saturated rings. The second kappa shape index (κ2) is 10.7. The Morgan fingerprint density at radius 2 is 1.74 bits per heavy atom. The molecular weight excluding hydrogens is 446 g/mol. The lowest BCUT2D eigenvalue weighted by Gasteiger charge is -2.33. The molecule has 0 atom stereocenters. The highest BCUT2D eigenvalue weighted by Gasteiger charge is 2.25. The normalized spacial score (nSPS) is 14.3. The molecule has 9 nitrogen and oxygen atoms in total. The zero-order chi connectivity index (χ0) is 24.9. The van der Waals surface area contributed by atoms with E-state index < -0.39 is 0 Å². The van der Waals surface area contributed by atoms with Crippen molar-refractivity contribution in [2.24, 2.45) is 5.92 Å². The molecule has 1 aliphatic rings. The first-order chi connectivity index (χ1) is 16.9. The second-order valence-electron chi connectivity index (χ2n) is 9.19. The van der Waals surface area contributed by atoms with Crippen molar-refractivity contribution in [3.8, 4) is 11.5 Å². The summed E-state index contributed by atoms with van der Waals surface area (Å²) in [5.41, 5.74) is 2.20. The summed E-state index contributed by atoms with van der Waals surface area (Å²) in [7, 11) is 3.13. The molecule has 0 radical (unpaired) electrons. The van der Waals surface area contributed by atoms with Gasteiger partial charge < -0.3 is 29.6 Å². The fourth-order valence-electron chi connectivity index (χ4n) is 4.40. The van der Waals surface area contributed by atoms with Gasteiger partial charge in [0, 0.05) is 49.6 Å². The minimum Gasteiger partial charge on any atom is -0.497 e. The smallest absolute Gasteiger partial charge is 0.319 e. The van der Waals surface area contributed by atoms with Gasteiger partial charge in [0.25, 0.3) is 5.56 Å². The summed E-state index contributed by atoms with van der Waals surface area (Å²) in [5.74, 6) is 2.01. The van der Waals surface area contributed by atoms with Crippen molar-refractivity contribution in [2.75, 3.05) is 37.5 Å². The molecule has 4 rings (SSSR count). The molecule has 9 heteroatoms. The molecule has 1 saturated heterocycles. The van der Waals surface area contributed by atoms with Crippen molar-refractivity contribution >= 4 is 28.6 Å². The number of anilines is 2. The van der Waals surface area contributed by atoms with Gasteiger partial charge in [-0.05, 0) is 30.9 Å². The number of piperidine rings is 1. The quantitative estimate of drug-likeness (QED) is 0.534. The number of nitrogens with one attached hydrogen (secondary N) is 2. The van der Waals surface area contributed by atoms with Crippen LogP contribution in [0.3, 0.4) is 0 Å². The van der Waals surface area contributed by atoms with Gasteiger partial charge in [0.05, 0.1) is 25.3 Å². The number of fused-ring (bicyclic) bond motifs is 1. The number of methoxy groups -OCH3 is 2. The molecule has 0 aliphatic carbocycles. The van der Waals surface area contributed by atoms with Gasteiger partial charge in [-0.15, -0.1) is 0 Å². The van der Waals surface area contributed by atoms with Crippen LogP contribution >= 0.6 is 0 Å². The summed E-state index contributed by atoms with van der Waals surface area (Å²) < 4.78 is 12.4. The van der Waals surface area contributed by atoms with E-state index in [2.05, 4.69) is 24.5 Å². The highest BCUT2D eigenvalue weighted by molar-refractivity contribution is 5.90. The number of para-hydroxylation sites is 2. The Bertz CT molecular complexity index is 1230. The molecule has 2 heterocycles. The van der Waals surface area contributed by atoms with Crippen LogP contribution in [0.2, 0.25) is 0 Å². The predicted octanol–water partition coefficient (Wildman–Crippen LogP) is 3.86. The zero-order valence-corrected chi connectivity index (χ0v) is 20.7. The summed E-state index contributed by atoms with van der Waals surface area (Å²) in [6.45, 7) is 6.12. The first kappa shape index (κ1) is 24.4. The van der Waals surface area contributed by atoms with Crippen LogP contribution in [0.25, 0.3) is 11.0 Å². The molecule has 2 N–H and O–H groups in total. The van der Waals surface area contributed by atoms with Crippen LogP contribution in [0.5, 0.6) is 11.5 Å². The molecule has 0 unspecified atom stereocenters. The molecule has 35 heavy (non-hydrogen) atoms. The Kier molecular flexibility index (Phi) is 7.43. The largest absolute Gasteiger partial charge is 0.497 e. The van der Waals surface area contributed by atoms with Crippen LogP contribution in [-0.4, -0.2) is 48.9 Å². The number of amides is 2. The average molecular weight is 480 g/mol. The lowest BCUT2D eigenvalue weighted by Crippen LogP contribution is -2.47. The maximum absolute atomic E-state index is 13.3. The lowest BCUT2D eigenvalue weighted by molar-refractivity contribution is 0.246. The number of hydrogen-bond acceptors (Lipinski definition) is 6. The number of hydrogen-bond donors (Lipinski definition) is 2. The standard InChI is InChI=1S/C26H33N5O4/c1-17(2)16-31-23-8-6-5-7-22(23)29-24(25(31)32)30-11-9-18(10-12-30)27-26(33)28-19-13-20(34-3)15-21(14-19)35-4/h5-8,13-15,17-18H,9-12,16H2,1-4H3,(H2,27,28,33). The van der Waals surface area contributed by atoms with Crippen molar-refractivity contribution in [1.29, 1.82) is 0 Å². The number of benzene rings is 2. The molecule has 1 aliphatic heterocycles. The first-order valence-corrected chi connectivity index (χ1v) is 11.9. The fourth-order valence-corrected chi connectivity index (χ4v) is 4.40. The summed E-state index contributed by atoms with van der Waals surface area (Å²) in [6.07, 6.45) is 1.43. The van der Waals surface area contributed by atoms with Gasteiger partial charge in [0.15, 0.2) is 5.82 Å². The third-order valence-corrected chi connectivity index (χ3v) is 6.12. The number of ether oxygens (including phenoxy) is 2. The van der Waals surface area contributed by atoms with E-state index in [0.29, 0.717) is 61.4 Å². The number of carbonyl (C=O) groups is 1. The molecule has 1 aromatic heterocycles. The third-order valence-electron chi connectivity index (χ3n) is 6.12. The summed E-state index contributed by atoms with van der Waals surface area (Å²) in [4.78, 5) is 32.7. The van der Waals surface area contributed by atoms with Crippen LogP contribution in [0, 0.1) is 5.92 Å². The van der Waals surface area contributed by atoms with E-state index >= 15 is 0 Å². The van der Waals surface area contributed by atoms with Gasteiger partial charge in [-0.2, -0.15) is 0 Å². The van der Waals surface area contributed by atoms with Gasteiger partial charge >= 0.3 is 6.03 Å². The van der Waals surface area contributed by atoms with Crippen LogP contribution < -0.4 is 30.6 Å². The minimum atomic E-state index is -0.290. The topological polar surface area (TPSA) is 97.7 Å². The van der Waals surface area contributed by atoms with Crippen molar-refractivity contribution in [1.82, 2.24) is 14.9 Å². The van der Waals surface area contributed by atoms with Gasteiger partial charge in [0.1, 0.15) is 11.5 Å². The Hall–Kier alpha value is -3.75. The Labute approximate surface area is 205 Å². The average Bonchev–Trinajstić information content (AvgIpc) is 2.85. The molecular formula is C26H33N5O4. The maximum atomic E-state index is 13.3. The van der Waals surface area contributed by atoms with E-state index in [1.54, 1.807) is 32.4 Å². The van der Waals surface area contributed by atoms with E-state index in [0.717, 1.165) is 11.0 Å². The second-order valence-corrected chi connectivity index (χ2v) is 9.19. The molecule has 0 bridgehead atoms. The highest BCUT2D eigenvalue weighted by Crippen LogP contribution is 2.26. The van der Waals surface area contributed by atoms with E-state index in [9.17, 15) is 9.59 Å². The molecule has 0 saturated carbocycles. The zero-order valence-electron chi connectivity index (χ0n) is 20.7. The number of rotatable bonds is 7. The van der Waals surface area contributed by atoms with Crippen LogP contribution in [0.4, 0.5) is 16.3 Å². The lowest BCUT2D eigenvalue weighted by atomic mass is 10.1. The van der Waals surface area contributed by atoms with Gasteiger partial charge in [-0.3, -0.25) is 4.79 Å². The minimum absolute atomic E-state index is 0.00269. The highest BCUT2D eigenvalue weighted by atomic mass is 16.5. The predicted molar refractivity (Wildman–Crippen MR) is 138 cm³/mol. The van der Waals surface area contributed by atoms with Crippen LogP contribution in [0.15, 0.2) is 47.3 Å². The summed E-state index contributed by atoms with van der Waals surface area (Å²) in [6, 6.07) is 12.7. The van der Waals surface area contributed by atoms with Gasteiger partial charge in [-0.1, -0.05) is 26.0 Å². The number of nitrogens with zero attached hydrogens (tertiary/aromatic N) is 3. The van der Waals surface area contributed by atoms with E-state index in [1.807, 2.05) is 33.7 Å². The van der Waals surface area contributed by atoms with Crippen molar-refractivity contribution in [2.45, 2.75) is 39.3 Å². The number of urea groups is 1. The third kappa shape index (κ3) is 5.67.